The van der Waals surface area contributed by atoms with Crippen molar-refractivity contribution >= 4 is 29.5 Å². The van der Waals surface area contributed by atoms with Crippen molar-refractivity contribution in [3.63, 3.8) is 0 Å². The van der Waals surface area contributed by atoms with Gasteiger partial charge in [0.05, 0.1) is 6.42 Å². The Bertz CT molecular complexity index is 710. The maximum atomic E-state index is 12.5. The van der Waals surface area contributed by atoms with E-state index >= 15 is 0 Å². The normalized spacial score (nSPS) is 15.5. The molecule has 0 unspecified atom stereocenters. The van der Waals surface area contributed by atoms with E-state index < -0.39 is 5.91 Å². The summed E-state index contributed by atoms with van der Waals surface area (Å²) in [5.41, 5.74) is 4.10. The molecular weight excluding hydrogens is 346 g/mol. The lowest BCUT2D eigenvalue weighted by atomic mass is 10.1. The van der Waals surface area contributed by atoms with Crippen LogP contribution >= 0.6 is 0 Å². The molecule has 7 nitrogen and oxygen atoms in total. The number of amides is 3. The first kappa shape index (κ1) is 20.6. The fourth-order valence-corrected chi connectivity index (χ4v) is 2.99. The van der Waals surface area contributed by atoms with Crippen LogP contribution < -0.4 is 10.4 Å². The molecule has 0 aliphatic carbocycles. The predicted molar refractivity (Wildman–Crippen MR) is 103 cm³/mol. The Hall–Kier alpha value is -2.67. The summed E-state index contributed by atoms with van der Waals surface area (Å²) in [6.07, 6.45) is 5.21. The summed E-state index contributed by atoms with van der Waals surface area (Å²) in [5, 5.41) is 8.42. The van der Waals surface area contributed by atoms with Crippen LogP contribution in [0, 0.1) is 0 Å². The highest BCUT2D eigenvalue weighted by molar-refractivity contribution is 6.15. The number of carbonyl (C=O) groups excluding carboxylic acids is 3. The van der Waals surface area contributed by atoms with E-state index in [0.717, 1.165) is 24.1 Å². The molecule has 27 heavy (non-hydrogen) atoms. The van der Waals surface area contributed by atoms with Crippen molar-refractivity contribution in [2.45, 2.75) is 38.5 Å². The number of benzene rings is 1. The molecule has 1 aliphatic rings. The SMILES string of the molecule is CN(C)c1ccc(/C=C2\CC(=O)N(CCCCCCC(=O)NO)C2=O)cc1. The Balaban J connectivity index is 1.84. The fraction of sp³-hybridized carbons (Fsp3) is 0.450. The first-order chi connectivity index (χ1) is 12.9. The third kappa shape index (κ3) is 5.92. The molecule has 3 amide bonds. The van der Waals surface area contributed by atoms with Gasteiger partial charge in [-0.2, -0.15) is 0 Å². The average Bonchev–Trinajstić information content (AvgIpc) is 2.91. The van der Waals surface area contributed by atoms with E-state index in [1.165, 1.54) is 4.90 Å². The Kier molecular flexibility index (Phi) is 7.55. The van der Waals surface area contributed by atoms with Gasteiger partial charge in [-0.05, 0) is 36.6 Å². The highest BCUT2D eigenvalue weighted by Crippen LogP contribution is 2.23. The molecule has 0 radical (unpaired) electrons. The smallest absolute Gasteiger partial charge is 0.256 e. The van der Waals surface area contributed by atoms with Crippen LogP contribution in [0.5, 0.6) is 0 Å². The number of nitrogens with one attached hydrogen (secondary N) is 1. The molecule has 1 aliphatic heterocycles. The fourth-order valence-electron chi connectivity index (χ4n) is 2.99. The van der Waals surface area contributed by atoms with Gasteiger partial charge < -0.3 is 4.90 Å². The third-order valence-corrected chi connectivity index (χ3v) is 4.57. The lowest BCUT2D eigenvalue weighted by molar-refractivity contribution is -0.137. The van der Waals surface area contributed by atoms with Crippen molar-refractivity contribution < 1.29 is 19.6 Å². The molecule has 1 heterocycles. The molecule has 0 bridgehead atoms. The van der Waals surface area contributed by atoms with Crippen LogP contribution in [0.25, 0.3) is 6.08 Å². The summed E-state index contributed by atoms with van der Waals surface area (Å²) >= 11 is 0. The second-order valence-electron chi connectivity index (χ2n) is 6.88. The van der Waals surface area contributed by atoms with Crippen LogP contribution in [-0.4, -0.2) is 48.5 Å². The number of rotatable bonds is 9. The van der Waals surface area contributed by atoms with E-state index in [9.17, 15) is 14.4 Å². The zero-order valence-corrected chi connectivity index (χ0v) is 15.9. The highest BCUT2D eigenvalue weighted by atomic mass is 16.5. The van der Waals surface area contributed by atoms with Crippen molar-refractivity contribution in [3.05, 3.63) is 35.4 Å². The van der Waals surface area contributed by atoms with E-state index in [4.69, 9.17) is 5.21 Å². The van der Waals surface area contributed by atoms with Crippen LogP contribution in [0.3, 0.4) is 0 Å². The minimum atomic E-state index is -0.395. The Labute approximate surface area is 159 Å². The Morgan fingerprint density at radius 1 is 1.15 bits per heavy atom. The summed E-state index contributed by atoms with van der Waals surface area (Å²) in [4.78, 5) is 38.9. The molecular formula is C20H27N3O4. The summed E-state index contributed by atoms with van der Waals surface area (Å²) in [6, 6.07) is 7.82. The predicted octanol–water partition coefficient (Wildman–Crippen LogP) is 2.35. The molecule has 0 atom stereocenters. The van der Waals surface area contributed by atoms with E-state index in [2.05, 4.69) is 0 Å². The number of anilines is 1. The molecule has 1 fully saturated rings. The number of carbonyl (C=O) groups is 3. The van der Waals surface area contributed by atoms with Crippen molar-refractivity contribution in [2.24, 2.45) is 0 Å². The maximum absolute atomic E-state index is 12.5. The van der Waals surface area contributed by atoms with Gasteiger partial charge in [-0.3, -0.25) is 24.5 Å². The molecule has 0 aromatic heterocycles. The van der Waals surface area contributed by atoms with Crippen LogP contribution in [0.15, 0.2) is 29.8 Å². The molecule has 2 rings (SSSR count). The lowest BCUT2D eigenvalue weighted by Crippen LogP contribution is -2.30. The number of imide groups is 1. The van der Waals surface area contributed by atoms with E-state index in [1.807, 2.05) is 43.3 Å². The molecule has 1 saturated heterocycles. The average molecular weight is 373 g/mol. The number of hydrogen-bond donors (Lipinski definition) is 2. The Morgan fingerprint density at radius 3 is 2.44 bits per heavy atom. The first-order valence-electron chi connectivity index (χ1n) is 9.18. The van der Waals surface area contributed by atoms with Gasteiger partial charge in [0.1, 0.15) is 0 Å². The first-order valence-corrected chi connectivity index (χ1v) is 9.18. The van der Waals surface area contributed by atoms with E-state index in [1.54, 1.807) is 11.6 Å². The second kappa shape index (κ2) is 9.87. The summed E-state index contributed by atoms with van der Waals surface area (Å²) < 4.78 is 0. The van der Waals surface area contributed by atoms with Crippen molar-refractivity contribution in [1.29, 1.82) is 0 Å². The van der Waals surface area contributed by atoms with Crippen LogP contribution in [-0.2, 0) is 14.4 Å². The van der Waals surface area contributed by atoms with Crippen LogP contribution in [0.4, 0.5) is 5.69 Å². The van der Waals surface area contributed by atoms with Gasteiger partial charge in [-0.25, -0.2) is 5.48 Å². The van der Waals surface area contributed by atoms with Crippen molar-refractivity contribution in [2.75, 3.05) is 25.5 Å². The zero-order chi connectivity index (χ0) is 19.8. The van der Waals surface area contributed by atoms with E-state index in [-0.39, 0.29) is 24.7 Å². The lowest BCUT2D eigenvalue weighted by Gasteiger charge is -2.13. The van der Waals surface area contributed by atoms with Gasteiger partial charge in [0.25, 0.3) is 5.91 Å². The molecule has 7 heteroatoms. The molecule has 146 valence electrons. The van der Waals surface area contributed by atoms with Crippen molar-refractivity contribution in [3.8, 4) is 0 Å². The maximum Gasteiger partial charge on any atom is 0.256 e. The molecule has 1 aromatic rings. The molecule has 2 N–H and O–H groups in total. The third-order valence-electron chi connectivity index (χ3n) is 4.57. The molecule has 0 saturated carbocycles. The van der Waals surface area contributed by atoms with Gasteiger partial charge in [-0.1, -0.05) is 25.0 Å². The van der Waals surface area contributed by atoms with Gasteiger partial charge in [-0.15, -0.1) is 0 Å². The second-order valence-corrected chi connectivity index (χ2v) is 6.88. The number of nitrogens with zero attached hydrogens (tertiary/aromatic N) is 2. The minimum Gasteiger partial charge on any atom is -0.378 e. The quantitative estimate of drug-likeness (QED) is 0.228. The number of likely N-dealkylation sites (tertiary alicyclic amines) is 1. The summed E-state index contributed by atoms with van der Waals surface area (Å²) in [5.74, 6) is -0.763. The van der Waals surface area contributed by atoms with Crippen molar-refractivity contribution in [1.82, 2.24) is 10.4 Å². The van der Waals surface area contributed by atoms with E-state index in [0.29, 0.717) is 25.0 Å². The Morgan fingerprint density at radius 2 is 1.81 bits per heavy atom. The number of hydrogen-bond acceptors (Lipinski definition) is 5. The van der Waals surface area contributed by atoms with Gasteiger partial charge in [0.15, 0.2) is 0 Å². The number of unbranched alkanes of at least 4 members (excludes halogenated alkanes) is 3. The minimum absolute atomic E-state index is 0.144. The standard InChI is InChI=1S/C20H27N3O4/c1-22(2)17-10-8-15(9-11-17)13-16-14-19(25)23(20(16)26)12-6-4-3-5-7-18(24)21-27/h8-11,13,27H,3-7,12,14H2,1-2H3,(H,21,24)/b16-13+. The van der Waals surface area contributed by atoms with Gasteiger partial charge >= 0.3 is 0 Å². The molecule has 1 aromatic carbocycles. The number of hydroxylamine groups is 1. The van der Waals surface area contributed by atoms with Crippen LogP contribution in [0.2, 0.25) is 0 Å². The van der Waals surface area contributed by atoms with Gasteiger partial charge in [0.2, 0.25) is 11.8 Å². The monoisotopic (exact) mass is 373 g/mol. The summed E-state index contributed by atoms with van der Waals surface area (Å²) in [7, 11) is 3.93. The zero-order valence-electron chi connectivity index (χ0n) is 15.9. The highest BCUT2D eigenvalue weighted by Gasteiger charge is 2.32. The van der Waals surface area contributed by atoms with Crippen LogP contribution in [0.1, 0.15) is 44.1 Å². The topological polar surface area (TPSA) is 90.0 Å². The molecule has 0 spiro atoms. The summed E-state index contributed by atoms with van der Waals surface area (Å²) in [6.45, 7) is 0.404. The van der Waals surface area contributed by atoms with Gasteiger partial charge in [0, 0.05) is 38.3 Å². The largest absolute Gasteiger partial charge is 0.378 e.